The maximum atomic E-state index is 12.5. The van der Waals surface area contributed by atoms with Crippen LogP contribution in [0.4, 0.5) is 11.5 Å². The fraction of sp³-hybridized carbons (Fsp3) is 0.211. The molecule has 134 valence electrons. The van der Waals surface area contributed by atoms with Gasteiger partial charge in [-0.25, -0.2) is 9.97 Å². The molecular formula is C19H20N4O3. The number of rotatable bonds is 7. The van der Waals surface area contributed by atoms with Crippen LogP contribution in [0, 0.1) is 6.92 Å². The van der Waals surface area contributed by atoms with Crippen LogP contribution in [0.5, 0.6) is 5.75 Å². The molecule has 0 spiro atoms. The van der Waals surface area contributed by atoms with Gasteiger partial charge < -0.3 is 19.8 Å². The van der Waals surface area contributed by atoms with Crippen LogP contribution in [0.1, 0.15) is 29.0 Å². The zero-order chi connectivity index (χ0) is 18.4. The van der Waals surface area contributed by atoms with Crippen molar-refractivity contribution in [1.82, 2.24) is 9.97 Å². The Labute approximate surface area is 151 Å². The van der Waals surface area contributed by atoms with Gasteiger partial charge in [-0.1, -0.05) is 0 Å². The monoisotopic (exact) mass is 352 g/mol. The first-order valence-corrected chi connectivity index (χ1v) is 8.30. The highest BCUT2D eigenvalue weighted by atomic mass is 16.5. The normalized spacial score (nSPS) is 10.4. The molecule has 0 aliphatic rings. The summed E-state index contributed by atoms with van der Waals surface area (Å²) in [5, 5.41) is 5.95. The Morgan fingerprint density at radius 1 is 1.19 bits per heavy atom. The van der Waals surface area contributed by atoms with Crippen LogP contribution in [-0.2, 0) is 6.54 Å². The van der Waals surface area contributed by atoms with E-state index in [1.807, 2.05) is 19.1 Å². The van der Waals surface area contributed by atoms with Crippen LogP contribution in [-0.4, -0.2) is 22.5 Å². The van der Waals surface area contributed by atoms with E-state index in [-0.39, 0.29) is 11.6 Å². The summed E-state index contributed by atoms with van der Waals surface area (Å²) in [6, 6.07) is 12.5. The topological polar surface area (TPSA) is 89.3 Å². The van der Waals surface area contributed by atoms with Crippen molar-refractivity contribution in [3.63, 3.8) is 0 Å². The number of aryl methyl sites for hydroxylation is 1. The molecule has 0 saturated heterocycles. The van der Waals surface area contributed by atoms with E-state index >= 15 is 0 Å². The highest BCUT2D eigenvalue weighted by molar-refractivity contribution is 6.03. The van der Waals surface area contributed by atoms with Crippen molar-refractivity contribution in [2.45, 2.75) is 20.4 Å². The molecule has 3 rings (SSSR count). The third-order valence-corrected chi connectivity index (χ3v) is 3.52. The number of hydrogen-bond donors (Lipinski definition) is 2. The van der Waals surface area contributed by atoms with Crippen LogP contribution in [0.25, 0.3) is 0 Å². The molecule has 0 unspecified atom stereocenters. The highest BCUT2D eigenvalue weighted by Gasteiger charge is 2.11. The molecule has 3 aromatic rings. The number of furan rings is 1. The molecule has 26 heavy (non-hydrogen) atoms. The average Bonchev–Trinajstić information content (AvgIpc) is 3.15. The summed E-state index contributed by atoms with van der Waals surface area (Å²) in [5.74, 6) is 2.30. The van der Waals surface area contributed by atoms with E-state index in [4.69, 9.17) is 9.15 Å². The Morgan fingerprint density at radius 3 is 2.69 bits per heavy atom. The van der Waals surface area contributed by atoms with Gasteiger partial charge in [0.15, 0.2) is 0 Å². The molecule has 0 bridgehead atoms. The largest absolute Gasteiger partial charge is 0.494 e. The van der Waals surface area contributed by atoms with Gasteiger partial charge in [-0.3, -0.25) is 4.79 Å². The van der Waals surface area contributed by atoms with Crippen molar-refractivity contribution in [2.75, 3.05) is 17.2 Å². The second-order valence-corrected chi connectivity index (χ2v) is 5.53. The molecule has 1 amide bonds. The number of nitrogens with zero attached hydrogens (tertiary/aromatic N) is 2. The molecule has 0 aliphatic heterocycles. The van der Waals surface area contributed by atoms with Crippen molar-refractivity contribution in [1.29, 1.82) is 0 Å². The van der Waals surface area contributed by atoms with Gasteiger partial charge >= 0.3 is 0 Å². The van der Waals surface area contributed by atoms with Crippen LogP contribution < -0.4 is 15.4 Å². The zero-order valence-electron chi connectivity index (χ0n) is 14.7. The van der Waals surface area contributed by atoms with E-state index in [0.29, 0.717) is 30.5 Å². The Bertz CT molecular complexity index is 861. The molecule has 0 saturated carbocycles. The lowest BCUT2D eigenvalue weighted by Gasteiger charge is -2.09. The predicted molar refractivity (Wildman–Crippen MR) is 98.4 cm³/mol. The van der Waals surface area contributed by atoms with Crippen molar-refractivity contribution in [2.24, 2.45) is 0 Å². The van der Waals surface area contributed by atoms with Crippen LogP contribution in [0.15, 0.2) is 53.1 Å². The third-order valence-electron chi connectivity index (χ3n) is 3.52. The minimum atomic E-state index is -0.305. The zero-order valence-corrected chi connectivity index (χ0v) is 14.7. The van der Waals surface area contributed by atoms with Gasteiger partial charge in [0, 0.05) is 11.8 Å². The molecule has 2 N–H and O–H groups in total. The van der Waals surface area contributed by atoms with E-state index in [0.717, 1.165) is 11.5 Å². The van der Waals surface area contributed by atoms with Gasteiger partial charge in [-0.05, 0) is 50.2 Å². The molecule has 0 fully saturated rings. The molecule has 2 heterocycles. The Balaban J connectivity index is 1.68. The number of hydrogen-bond acceptors (Lipinski definition) is 6. The number of aromatic nitrogens is 2. The average molecular weight is 352 g/mol. The van der Waals surface area contributed by atoms with Crippen LogP contribution >= 0.6 is 0 Å². The van der Waals surface area contributed by atoms with Crippen molar-refractivity contribution < 1.29 is 13.9 Å². The summed E-state index contributed by atoms with van der Waals surface area (Å²) in [7, 11) is 0. The third kappa shape index (κ3) is 4.60. The van der Waals surface area contributed by atoms with Gasteiger partial charge in [0.25, 0.3) is 5.91 Å². The molecule has 0 radical (unpaired) electrons. The lowest BCUT2D eigenvalue weighted by atomic mass is 10.2. The fourth-order valence-electron chi connectivity index (χ4n) is 2.36. The fourth-order valence-corrected chi connectivity index (χ4v) is 2.36. The first kappa shape index (κ1) is 17.5. The smallest absolute Gasteiger partial charge is 0.274 e. The van der Waals surface area contributed by atoms with E-state index in [1.54, 1.807) is 43.5 Å². The van der Waals surface area contributed by atoms with Gasteiger partial charge in [0.05, 0.1) is 19.4 Å². The Hall–Kier alpha value is -3.35. The predicted octanol–water partition coefficient (Wildman–Crippen LogP) is 3.64. The molecule has 7 heteroatoms. The second kappa shape index (κ2) is 8.15. The number of benzene rings is 1. The maximum absolute atomic E-state index is 12.5. The highest BCUT2D eigenvalue weighted by Crippen LogP contribution is 2.17. The first-order chi connectivity index (χ1) is 12.6. The van der Waals surface area contributed by atoms with Crippen molar-refractivity contribution in [3.8, 4) is 5.75 Å². The van der Waals surface area contributed by atoms with Gasteiger partial charge in [-0.2, -0.15) is 0 Å². The Morgan fingerprint density at radius 2 is 2.00 bits per heavy atom. The van der Waals surface area contributed by atoms with Crippen molar-refractivity contribution in [3.05, 3.63) is 66.0 Å². The summed E-state index contributed by atoms with van der Waals surface area (Å²) in [5.41, 5.74) is 0.952. The summed E-state index contributed by atoms with van der Waals surface area (Å²) in [6.07, 6.45) is 1.61. The minimum absolute atomic E-state index is 0.285. The standard InChI is InChI=1S/C19H20N4O3/c1-3-25-15-8-6-14(7-9-15)23-19(24)17-11-18(22-13(2)21-17)20-12-16-5-4-10-26-16/h4-11H,3,12H2,1-2H3,(H,23,24)(H,20,21,22). The van der Waals surface area contributed by atoms with E-state index < -0.39 is 0 Å². The summed E-state index contributed by atoms with van der Waals surface area (Å²) in [4.78, 5) is 21.0. The lowest BCUT2D eigenvalue weighted by Crippen LogP contribution is -2.15. The maximum Gasteiger partial charge on any atom is 0.274 e. The van der Waals surface area contributed by atoms with Crippen molar-refractivity contribution >= 4 is 17.4 Å². The summed E-state index contributed by atoms with van der Waals surface area (Å²) < 4.78 is 10.7. The molecule has 1 aromatic carbocycles. The van der Waals surface area contributed by atoms with E-state index in [9.17, 15) is 4.79 Å². The molecule has 7 nitrogen and oxygen atoms in total. The molecular weight excluding hydrogens is 332 g/mol. The lowest BCUT2D eigenvalue weighted by molar-refractivity contribution is 0.102. The summed E-state index contributed by atoms with van der Waals surface area (Å²) in [6.45, 7) is 4.74. The van der Waals surface area contributed by atoms with E-state index in [1.165, 1.54) is 0 Å². The number of anilines is 2. The molecule has 0 atom stereocenters. The first-order valence-electron chi connectivity index (χ1n) is 8.30. The SMILES string of the molecule is CCOc1ccc(NC(=O)c2cc(NCc3ccco3)nc(C)n2)cc1. The quantitative estimate of drug-likeness (QED) is 0.675. The van der Waals surface area contributed by atoms with E-state index in [2.05, 4.69) is 20.6 Å². The number of ether oxygens (including phenoxy) is 1. The van der Waals surface area contributed by atoms with Gasteiger partial charge in [0.1, 0.15) is 28.8 Å². The summed E-state index contributed by atoms with van der Waals surface area (Å²) >= 11 is 0. The number of amides is 1. The number of carbonyl (C=O) groups is 1. The number of carbonyl (C=O) groups excluding carboxylic acids is 1. The number of nitrogens with one attached hydrogen (secondary N) is 2. The minimum Gasteiger partial charge on any atom is -0.494 e. The van der Waals surface area contributed by atoms with Gasteiger partial charge in [0.2, 0.25) is 0 Å². The van der Waals surface area contributed by atoms with Crippen LogP contribution in [0.3, 0.4) is 0 Å². The van der Waals surface area contributed by atoms with Gasteiger partial charge in [-0.15, -0.1) is 0 Å². The Kier molecular flexibility index (Phi) is 5.48. The molecule has 0 aliphatic carbocycles. The second-order valence-electron chi connectivity index (χ2n) is 5.53. The molecule has 2 aromatic heterocycles. The van der Waals surface area contributed by atoms with Crippen LogP contribution in [0.2, 0.25) is 0 Å².